The fourth-order valence-electron chi connectivity index (χ4n) is 1.99. The Morgan fingerprint density at radius 2 is 1.18 bits per heavy atom. The first-order valence-corrected chi connectivity index (χ1v) is 6.49. The summed E-state index contributed by atoms with van der Waals surface area (Å²) in [6, 6.07) is 7.78. The lowest BCUT2D eigenvalue weighted by Gasteiger charge is -2.11. The Balaban J connectivity index is 2.61. The van der Waals surface area contributed by atoms with Crippen molar-refractivity contribution in [1.29, 1.82) is 0 Å². The number of hydrogen-bond donors (Lipinski definition) is 0. The van der Waals surface area contributed by atoms with Gasteiger partial charge in [0.2, 0.25) is 0 Å². The Kier molecular flexibility index (Phi) is 4.41. The molecule has 0 aliphatic heterocycles. The highest BCUT2D eigenvalue weighted by molar-refractivity contribution is 5.97. The monoisotopic (exact) mass is 302 g/mol. The summed E-state index contributed by atoms with van der Waals surface area (Å²) >= 11 is 0. The topological polar surface area (TPSA) is 78.9 Å². The molecule has 6 heteroatoms. The van der Waals surface area contributed by atoms with Gasteiger partial charge >= 0.3 is 17.9 Å². The van der Waals surface area contributed by atoms with Crippen LogP contribution in [0.1, 0.15) is 20.8 Å². The maximum atomic E-state index is 11.2. The number of carbonyl (C=O) groups excluding carboxylic acids is 3. The molecule has 0 spiro atoms. The van der Waals surface area contributed by atoms with Gasteiger partial charge in [-0.2, -0.15) is 0 Å². The number of esters is 3. The zero-order valence-corrected chi connectivity index (χ0v) is 12.3. The van der Waals surface area contributed by atoms with Gasteiger partial charge in [0.1, 0.15) is 17.2 Å². The van der Waals surface area contributed by atoms with Crippen molar-refractivity contribution in [3.63, 3.8) is 0 Å². The highest BCUT2D eigenvalue weighted by Crippen LogP contribution is 2.36. The largest absolute Gasteiger partial charge is 0.427 e. The molecule has 2 rings (SSSR count). The molecule has 0 saturated heterocycles. The molecule has 114 valence electrons. The molecule has 0 radical (unpaired) electrons. The first-order valence-electron chi connectivity index (χ1n) is 6.49. The van der Waals surface area contributed by atoms with Crippen LogP contribution in [0.25, 0.3) is 10.8 Å². The van der Waals surface area contributed by atoms with Gasteiger partial charge in [0.05, 0.1) is 0 Å². The lowest BCUT2D eigenvalue weighted by molar-refractivity contribution is -0.133. The van der Waals surface area contributed by atoms with Crippen LogP contribution in [-0.4, -0.2) is 17.9 Å². The summed E-state index contributed by atoms with van der Waals surface area (Å²) in [4.78, 5) is 33.4. The quantitative estimate of drug-likeness (QED) is 0.640. The summed E-state index contributed by atoms with van der Waals surface area (Å²) in [5, 5.41) is 1.05. The third-order valence-electron chi connectivity index (χ3n) is 2.68. The van der Waals surface area contributed by atoms with Crippen molar-refractivity contribution in [3.05, 3.63) is 30.3 Å². The molecule has 0 heterocycles. The molecule has 0 aromatic heterocycles. The van der Waals surface area contributed by atoms with E-state index in [4.69, 9.17) is 14.2 Å². The van der Waals surface area contributed by atoms with Gasteiger partial charge < -0.3 is 14.2 Å². The maximum absolute atomic E-state index is 11.2. The second kappa shape index (κ2) is 6.26. The van der Waals surface area contributed by atoms with E-state index in [9.17, 15) is 14.4 Å². The Bertz CT molecular complexity index is 763. The van der Waals surface area contributed by atoms with Gasteiger partial charge in [-0.3, -0.25) is 14.4 Å². The van der Waals surface area contributed by atoms with E-state index in [0.717, 1.165) is 0 Å². The Morgan fingerprint density at radius 3 is 1.68 bits per heavy atom. The molecule has 0 aliphatic rings. The van der Waals surface area contributed by atoms with E-state index in [-0.39, 0.29) is 5.75 Å². The molecule has 0 fully saturated rings. The van der Waals surface area contributed by atoms with E-state index in [1.165, 1.54) is 32.9 Å². The van der Waals surface area contributed by atoms with Gasteiger partial charge in [-0.15, -0.1) is 0 Å². The molecule has 2 aromatic carbocycles. The minimum absolute atomic E-state index is 0.285. The van der Waals surface area contributed by atoms with Crippen LogP contribution >= 0.6 is 0 Å². The normalized spacial score (nSPS) is 10.1. The molecule has 0 amide bonds. The molecular formula is C16H14O6. The smallest absolute Gasteiger partial charge is 0.308 e. The molecule has 0 bridgehead atoms. The number of benzene rings is 2. The van der Waals surface area contributed by atoms with Crippen LogP contribution in [0.4, 0.5) is 0 Å². The lowest BCUT2D eigenvalue weighted by Crippen LogP contribution is -2.05. The van der Waals surface area contributed by atoms with E-state index in [1.807, 2.05) is 0 Å². The van der Waals surface area contributed by atoms with Crippen molar-refractivity contribution in [2.24, 2.45) is 0 Å². The maximum Gasteiger partial charge on any atom is 0.308 e. The van der Waals surface area contributed by atoms with Crippen LogP contribution in [-0.2, 0) is 14.4 Å². The van der Waals surface area contributed by atoms with Gasteiger partial charge in [-0.05, 0) is 30.3 Å². The van der Waals surface area contributed by atoms with Crippen molar-refractivity contribution < 1.29 is 28.6 Å². The third-order valence-corrected chi connectivity index (χ3v) is 2.68. The Labute approximate surface area is 126 Å². The number of rotatable bonds is 3. The second-order valence-corrected chi connectivity index (χ2v) is 4.55. The lowest BCUT2D eigenvalue weighted by atomic mass is 10.1. The fourth-order valence-corrected chi connectivity index (χ4v) is 1.99. The summed E-state index contributed by atoms with van der Waals surface area (Å²) in [5.74, 6) is -0.511. The number of hydrogen-bond acceptors (Lipinski definition) is 6. The summed E-state index contributed by atoms with van der Waals surface area (Å²) in [7, 11) is 0. The van der Waals surface area contributed by atoms with E-state index in [1.54, 1.807) is 18.2 Å². The molecule has 0 saturated carbocycles. The van der Waals surface area contributed by atoms with Crippen molar-refractivity contribution in [3.8, 4) is 17.2 Å². The zero-order chi connectivity index (χ0) is 16.3. The average molecular weight is 302 g/mol. The number of carbonyl (C=O) groups is 3. The van der Waals surface area contributed by atoms with E-state index < -0.39 is 17.9 Å². The fraction of sp³-hybridized carbons (Fsp3) is 0.188. The van der Waals surface area contributed by atoms with E-state index in [2.05, 4.69) is 0 Å². The van der Waals surface area contributed by atoms with Crippen molar-refractivity contribution in [1.82, 2.24) is 0 Å². The minimum atomic E-state index is -0.487. The Hall–Kier alpha value is -2.89. The molecule has 0 N–H and O–H groups in total. The molecule has 0 aliphatic carbocycles. The van der Waals surface area contributed by atoms with Gasteiger partial charge in [0.15, 0.2) is 0 Å². The standard InChI is InChI=1S/C16H14O6/c1-9(17)20-12-4-5-13-14(8-12)16(22-11(3)19)7-6-15(13)21-10(2)18/h4-8H,1-3H3. The van der Waals surface area contributed by atoms with Crippen LogP contribution in [0.15, 0.2) is 30.3 Å². The van der Waals surface area contributed by atoms with Gasteiger partial charge in [0.25, 0.3) is 0 Å². The summed E-state index contributed by atoms with van der Waals surface area (Å²) in [6.07, 6.45) is 0. The van der Waals surface area contributed by atoms with Crippen LogP contribution in [0.5, 0.6) is 17.2 Å². The third kappa shape index (κ3) is 3.60. The van der Waals surface area contributed by atoms with Crippen molar-refractivity contribution >= 4 is 28.7 Å². The molecule has 0 unspecified atom stereocenters. The summed E-state index contributed by atoms with van der Waals surface area (Å²) in [6.45, 7) is 3.85. The van der Waals surface area contributed by atoms with Crippen LogP contribution < -0.4 is 14.2 Å². The van der Waals surface area contributed by atoms with Gasteiger partial charge in [0, 0.05) is 31.5 Å². The second-order valence-electron chi connectivity index (χ2n) is 4.55. The summed E-state index contributed by atoms with van der Waals surface area (Å²) in [5.41, 5.74) is 0. The number of fused-ring (bicyclic) bond motifs is 1. The molecule has 22 heavy (non-hydrogen) atoms. The highest BCUT2D eigenvalue weighted by atomic mass is 16.5. The van der Waals surface area contributed by atoms with Crippen LogP contribution in [0.3, 0.4) is 0 Å². The van der Waals surface area contributed by atoms with Gasteiger partial charge in [-0.25, -0.2) is 0 Å². The van der Waals surface area contributed by atoms with E-state index >= 15 is 0 Å². The van der Waals surface area contributed by atoms with Crippen molar-refractivity contribution in [2.45, 2.75) is 20.8 Å². The molecule has 6 nitrogen and oxygen atoms in total. The zero-order valence-electron chi connectivity index (χ0n) is 12.3. The van der Waals surface area contributed by atoms with Gasteiger partial charge in [-0.1, -0.05) is 0 Å². The highest BCUT2D eigenvalue weighted by Gasteiger charge is 2.13. The number of ether oxygens (including phenoxy) is 3. The molecular weight excluding hydrogens is 288 g/mol. The first kappa shape index (κ1) is 15.5. The molecule has 0 atom stereocenters. The van der Waals surface area contributed by atoms with Crippen LogP contribution in [0, 0.1) is 0 Å². The SMILES string of the molecule is CC(=O)Oc1ccc2c(OC(C)=O)ccc(OC(C)=O)c2c1. The minimum Gasteiger partial charge on any atom is -0.427 e. The van der Waals surface area contributed by atoms with E-state index in [0.29, 0.717) is 22.3 Å². The average Bonchev–Trinajstić information content (AvgIpc) is 2.40. The predicted octanol–water partition coefficient (Wildman–Crippen LogP) is 2.62. The molecule has 2 aromatic rings. The Morgan fingerprint density at radius 1 is 0.682 bits per heavy atom. The first-order chi connectivity index (χ1) is 10.4. The van der Waals surface area contributed by atoms with Crippen molar-refractivity contribution in [2.75, 3.05) is 0 Å². The summed E-state index contributed by atoms with van der Waals surface area (Å²) < 4.78 is 15.3. The van der Waals surface area contributed by atoms with Crippen LogP contribution in [0.2, 0.25) is 0 Å². The predicted molar refractivity (Wildman–Crippen MR) is 77.9 cm³/mol.